The third kappa shape index (κ3) is 2.56. The third-order valence-corrected chi connectivity index (χ3v) is 3.58. The number of anilines is 1. The molecule has 2 rings (SSSR count). The molecule has 3 nitrogen and oxygen atoms in total. The Morgan fingerprint density at radius 3 is 2.87 bits per heavy atom. The molecule has 0 aromatic carbocycles. The van der Waals surface area contributed by atoms with E-state index in [0.29, 0.717) is 5.69 Å². The SMILES string of the molecule is CCN(CC1CC1)c1nc(C(C)=O)cs1. The van der Waals surface area contributed by atoms with E-state index < -0.39 is 0 Å². The monoisotopic (exact) mass is 224 g/mol. The predicted octanol–water partition coefficient (Wildman–Crippen LogP) is 2.58. The lowest BCUT2D eigenvalue weighted by Gasteiger charge is -2.18. The average Bonchev–Trinajstić information content (AvgIpc) is 2.89. The van der Waals surface area contributed by atoms with Crippen LogP contribution >= 0.6 is 11.3 Å². The lowest BCUT2D eigenvalue weighted by molar-refractivity contribution is 0.101. The number of ketones is 1. The Bertz CT molecular complexity index is 357. The van der Waals surface area contributed by atoms with Crippen molar-refractivity contribution in [3.05, 3.63) is 11.1 Å². The summed E-state index contributed by atoms with van der Waals surface area (Å²) in [5, 5.41) is 2.85. The van der Waals surface area contributed by atoms with Crippen LogP contribution in [0.25, 0.3) is 0 Å². The summed E-state index contributed by atoms with van der Waals surface area (Å²) in [7, 11) is 0. The zero-order valence-electron chi connectivity index (χ0n) is 9.19. The fourth-order valence-corrected chi connectivity index (χ4v) is 2.47. The summed E-state index contributed by atoms with van der Waals surface area (Å²) in [5.41, 5.74) is 0.601. The fourth-order valence-electron chi connectivity index (χ4n) is 1.53. The van der Waals surface area contributed by atoms with E-state index in [0.717, 1.165) is 24.1 Å². The molecule has 4 heteroatoms. The molecule has 1 aromatic heterocycles. The topological polar surface area (TPSA) is 33.2 Å². The molecule has 1 aliphatic rings. The summed E-state index contributed by atoms with van der Waals surface area (Å²) in [6.07, 6.45) is 2.70. The van der Waals surface area contributed by atoms with Gasteiger partial charge in [-0.2, -0.15) is 0 Å². The van der Waals surface area contributed by atoms with Crippen molar-refractivity contribution in [2.45, 2.75) is 26.7 Å². The molecule has 1 fully saturated rings. The molecule has 0 atom stereocenters. The Labute approximate surface area is 94.1 Å². The van der Waals surface area contributed by atoms with E-state index in [1.54, 1.807) is 18.3 Å². The van der Waals surface area contributed by atoms with Crippen LogP contribution in [0.15, 0.2) is 5.38 Å². The first-order valence-corrected chi connectivity index (χ1v) is 6.30. The van der Waals surface area contributed by atoms with Crippen LogP contribution in [0.2, 0.25) is 0 Å². The van der Waals surface area contributed by atoms with Crippen LogP contribution in [0.5, 0.6) is 0 Å². The Balaban J connectivity index is 2.07. The second kappa shape index (κ2) is 4.31. The number of thiazole rings is 1. The zero-order valence-corrected chi connectivity index (χ0v) is 10.0. The van der Waals surface area contributed by atoms with Gasteiger partial charge < -0.3 is 4.90 Å². The highest BCUT2D eigenvalue weighted by Gasteiger charge is 2.25. The first-order valence-electron chi connectivity index (χ1n) is 5.42. The Morgan fingerprint density at radius 2 is 2.40 bits per heavy atom. The Hall–Kier alpha value is -0.900. The van der Waals surface area contributed by atoms with Gasteiger partial charge in [0.1, 0.15) is 5.69 Å². The van der Waals surface area contributed by atoms with Gasteiger partial charge >= 0.3 is 0 Å². The van der Waals surface area contributed by atoms with Gasteiger partial charge in [0.05, 0.1) is 0 Å². The van der Waals surface area contributed by atoms with E-state index in [2.05, 4.69) is 16.8 Å². The molecule has 15 heavy (non-hydrogen) atoms. The zero-order chi connectivity index (χ0) is 10.8. The van der Waals surface area contributed by atoms with Crippen LogP contribution in [0.4, 0.5) is 5.13 Å². The van der Waals surface area contributed by atoms with Gasteiger partial charge in [-0.1, -0.05) is 0 Å². The number of aromatic nitrogens is 1. The molecule has 0 spiro atoms. The highest BCUT2D eigenvalue weighted by molar-refractivity contribution is 7.13. The van der Waals surface area contributed by atoms with Crippen LogP contribution in [0.1, 0.15) is 37.2 Å². The van der Waals surface area contributed by atoms with E-state index >= 15 is 0 Å². The lowest BCUT2D eigenvalue weighted by Crippen LogP contribution is -2.25. The van der Waals surface area contributed by atoms with Gasteiger partial charge in [-0.05, 0) is 25.7 Å². The van der Waals surface area contributed by atoms with E-state index in [9.17, 15) is 4.79 Å². The normalized spacial score (nSPS) is 15.3. The number of carbonyl (C=O) groups excluding carboxylic acids is 1. The van der Waals surface area contributed by atoms with E-state index in [-0.39, 0.29) is 5.78 Å². The molecule has 1 aliphatic carbocycles. The maximum atomic E-state index is 11.1. The molecular formula is C11H16N2OS. The van der Waals surface area contributed by atoms with Gasteiger partial charge in [-0.15, -0.1) is 11.3 Å². The molecule has 1 aromatic rings. The predicted molar refractivity (Wildman–Crippen MR) is 62.7 cm³/mol. The summed E-state index contributed by atoms with van der Waals surface area (Å²) in [5.74, 6) is 0.912. The standard InChI is InChI=1S/C11H16N2OS/c1-3-13(6-9-4-5-9)11-12-10(7-15-11)8(2)14/h7,9H,3-6H2,1-2H3. The third-order valence-electron chi connectivity index (χ3n) is 2.68. The number of hydrogen-bond acceptors (Lipinski definition) is 4. The quantitative estimate of drug-likeness (QED) is 0.721. The van der Waals surface area contributed by atoms with Gasteiger partial charge in [0, 0.05) is 25.4 Å². The second-order valence-corrected chi connectivity index (χ2v) is 4.89. The summed E-state index contributed by atoms with van der Waals surface area (Å²) in [6.45, 7) is 5.77. The van der Waals surface area contributed by atoms with Gasteiger partial charge in [-0.25, -0.2) is 4.98 Å². The van der Waals surface area contributed by atoms with Crippen molar-refractivity contribution in [3.63, 3.8) is 0 Å². The van der Waals surface area contributed by atoms with Gasteiger partial charge in [0.2, 0.25) is 0 Å². The Kier molecular flexibility index (Phi) is 3.05. The highest BCUT2D eigenvalue weighted by Crippen LogP contribution is 2.32. The number of nitrogens with zero attached hydrogens (tertiary/aromatic N) is 2. The maximum absolute atomic E-state index is 11.1. The highest BCUT2D eigenvalue weighted by atomic mass is 32.1. The lowest BCUT2D eigenvalue weighted by atomic mass is 10.3. The van der Waals surface area contributed by atoms with Gasteiger partial charge in [0.25, 0.3) is 0 Å². The minimum absolute atomic E-state index is 0.0555. The number of hydrogen-bond donors (Lipinski definition) is 0. The summed E-state index contributed by atoms with van der Waals surface area (Å²) in [6, 6.07) is 0. The summed E-state index contributed by atoms with van der Waals surface area (Å²) < 4.78 is 0. The van der Waals surface area contributed by atoms with Gasteiger partial charge in [0.15, 0.2) is 10.9 Å². The molecule has 1 saturated carbocycles. The van der Waals surface area contributed by atoms with E-state index in [1.165, 1.54) is 12.8 Å². The molecular weight excluding hydrogens is 208 g/mol. The molecule has 0 radical (unpaired) electrons. The Morgan fingerprint density at radius 1 is 1.67 bits per heavy atom. The van der Waals surface area contributed by atoms with E-state index in [1.807, 2.05) is 5.38 Å². The second-order valence-electron chi connectivity index (χ2n) is 4.05. The van der Waals surface area contributed by atoms with Crippen LogP contribution in [-0.4, -0.2) is 23.9 Å². The molecule has 0 amide bonds. The van der Waals surface area contributed by atoms with Crippen molar-refractivity contribution >= 4 is 22.3 Å². The molecule has 1 heterocycles. The summed E-state index contributed by atoms with van der Waals surface area (Å²) in [4.78, 5) is 17.8. The molecule has 0 unspecified atom stereocenters. The summed E-state index contributed by atoms with van der Waals surface area (Å²) >= 11 is 1.57. The molecule has 82 valence electrons. The van der Waals surface area contributed by atoms with Crippen molar-refractivity contribution in [2.75, 3.05) is 18.0 Å². The molecule has 0 bridgehead atoms. The smallest absolute Gasteiger partial charge is 0.185 e. The van der Waals surface area contributed by atoms with Crippen molar-refractivity contribution in [2.24, 2.45) is 5.92 Å². The largest absolute Gasteiger partial charge is 0.348 e. The first-order chi connectivity index (χ1) is 7.20. The van der Waals surface area contributed by atoms with Crippen molar-refractivity contribution < 1.29 is 4.79 Å². The van der Waals surface area contributed by atoms with Crippen LogP contribution in [0.3, 0.4) is 0 Å². The minimum Gasteiger partial charge on any atom is -0.348 e. The van der Waals surface area contributed by atoms with Crippen molar-refractivity contribution in [1.82, 2.24) is 4.98 Å². The van der Waals surface area contributed by atoms with Crippen molar-refractivity contribution in [1.29, 1.82) is 0 Å². The molecule has 0 N–H and O–H groups in total. The maximum Gasteiger partial charge on any atom is 0.185 e. The van der Waals surface area contributed by atoms with Gasteiger partial charge in [-0.3, -0.25) is 4.79 Å². The van der Waals surface area contributed by atoms with Crippen LogP contribution in [-0.2, 0) is 0 Å². The fraction of sp³-hybridized carbons (Fsp3) is 0.636. The average molecular weight is 224 g/mol. The first kappa shape index (κ1) is 10.6. The number of rotatable bonds is 5. The number of Topliss-reactive ketones (excluding diaryl/α,β-unsaturated/α-hetero) is 1. The minimum atomic E-state index is 0.0555. The molecule has 0 aliphatic heterocycles. The number of carbonyl (C=O) groups is 1. The van der Waals surface area contributed by atoms with Crippen LogP contribution in [0, 0.1) is 5.92 Å². The van der Waals surface area contributed by atoms with Crippen LogP contribution < -0.4 is 4.90 Å². The molecule has 0 saturated heterocycles. The van der Waals surface area contributed by atoms with E-state index in [4.69, 9.17) is 0 Å². The van der Waals surface area contributed by atoms with Crippen molar-refractivity contribution in [3.8, 4) is 0 Å².